The number of rotatable bonds is 2. The predicted molar refractivity (Wildman–Crippen MR) is 96.3 cm³/mol. The molecule has 3 heterocycles. The molecule has 3 saturated heterocycles. The molecule has 6 heteroatoms. The first-order chi connectivity index (χ1) is 12.0. The minimum Gasteiger partial charge on any atom is -0.453 e. The first-order valence-electron chi connectivity index (χ1n) is 9.91. The maximum atomic E-state index is 12.2. The Labute approximate surface area is 151 Å². The minimum atomic E-state index is -0.208. The molecule has 2 atom stereocenters. The number of hydrogen-bond acceptors (Lipinski definition) is 4. The molecule has 0 bridgehead atoms. The number of likely N-dealkylation sites (tertiary alicyclic amines) is 3. The quantitative estimate of drug-likeness (QED) is 0.767. The summed E-state index contributed by atoms with van der Waals surface area (Å²) in [6.07, 6.45) is 6.94. The maximum Gasteiger partial charge on any atom is 0.409 e. The van der Waals surface area contributed by atoms with Crippen molar-refractivity contribution < 1.29 is 14.3 Å². The van der Waals surface area contributed by atoms with Crippen LogP contribution >= 0.6 is 0 Å². The predicted octanol–water partition coefficient (Wildman–Crippen LogP) is 2.47. The van der Waals surface area contributed by atoms with Crippen LogP contribution in [0, 0.1) is 0 Å². The number of nitrogens with zero attached hydrogens (tertiary/aromatic N) is 3. The van der Waals surface area contributed by atoms with Crippen LogP contribution in [0.15, 0.2) is 0 Å². The maximum absolute atomic E-state index is 12.2. The Bertz CT molecular complexity index is 478. The van der Waals surface area contributed by atoms with Gasteiger partial charge in [-0.25, -0.2) is 4.79 Å². The van der Waals surface area contributed by atoms with Gasteiger partial charge < -0.3 is 19.4 Å². The number of piperidine rings is 3. The van der Waals surface area contributed by atoms with E-state index in [-0.39, 0.29) is 18.2 Å². The van der Waals surface area contributed by atoms with E-state index in [0.29, 0.717) is 18.0 Å². The second kappa shape index (κ2) is 7.94. The van der Waals surface area contributed by atoms with Gasteiger partial charge in [0.2, 0.25) is 5.91 Å². The molecule has 142 valence electrons. The third-order valence-corrected chi connectivity index (χ3v) is 6.38. The smallest absolute Gasteiger partial charge is 0.409 e. The fraction of sp³-hybridized carbons (Fsp3) is 0.895. The van der Waals surface area contributed by atoms with Crippen molar-refractivity contribution in [1.82, 2.24) is 14.7 Å². The van der Waals surface area contributed by atoms with Gasteiger partial charge in [-0.2, -0.15) is 0 Å². The molecule has 3 rings (SSSR count). The van der Waals surface area contributed by atoms with Gasteiger partial charge in [0.15, 0.2) is 0 Å². The van der Waals surface area contributed by atoms with E-state index in [1.807, 2.05) is 4.90 Å². The molecule has 0 saturated carbocycles. The molecule has 25 heavy (non-hydrogen) atoms. The van der Waals surface area contributed by atoms with Gasteiger partial charge in [-0.15, -0.1) is 0 Å². The second-order valence-electron chi connectivity index (χ2n) is 8.01. The van der Waals surface area contributed by atoms with E-state index < -0.39 is 0 Å². The standard InChI is InChI=1S/C19H33N3O3/c1-14-12-17(13-15(2)22(14)19(24)25-3)20-10-7-16(8-11-20)21-9-5-4-6-18(21)23/h14-17H,4-13H2,1-3H3. The van der Waals surface area contributed by atoms with E-state index >= 15 is 0 Å². The zero-order valence-corrected chi connectivity index (χ0v) is 15.9. The number of ether oxygens (including phenoxy) is 1. The number of carbonyl (C=O) groups excluding carboxylic acids is 2. The minimum absolute atomic E-state index is 0.208. The summed E-state index contributed by atoms with van der Waals surface area (Å²) in [4.78, 5) is 30.7. The van der Waals surface area contributed by atoms with E-state index in [9.17, 15) is 9.59 Å². The van der Waals surface area contributed by atoms with Crippen molar-refractivity contribution >= 4 is 12.0 Å². The van der Waals surface area contributed by atoms with Crippen LogP contribution in [0.5, 0.6) is 0 Å². The third kappa shape index (κ3) is 3.94. The molecule has 3 aliphatic heterocycles. The van der Waals surface area contributed by atoms with Gasteiger partial charge in [0, 0.05) is 50.2 Å². The van der Waals surface area contributed by atoms with Crippen LogP contribution in [0.1, 0.15) is 58.8 Å². The molecule has 0 aromatic carbocycles. The molecule has 0 aliphatic carbocycles. The average molecular weight is 351 g/mol. The van der Waals surface area contributed by atoms with Crippen LogP contribution < -0.4 is 0 Å². The highest BCUT2D eigenvalue weighted by atomic mass is 16.5. The van der Waals surface area contributed by atoms with Gasteiger partial charge in [-0.3, -0.25) is 4.79 Å². The average Bonchev–Trinajstić information content (AvgIpc) is 2.61. The largest absolute Gasteiger partial charge is 0.453 e. The van der Waals surface area contributed by atoms with Crippen LogP contribution in [0.4, 0.5) is 4.79 Å². The molecule has 6 nitrogen and oxygen atoms in total. The summed E-state index contributed by atoms with van der Waals surface area (Å²) in [6.45, 7) is 7.33. The lowest BCUT2D eigenvalue weighted by Gasteiger charge is -2.48. The van der Waals surface area contributed by atoms with Crippen molar-refractivity contribution in [2.45, 2.75) is 83.0 Å². The van der Waals surface area contributed by atoms with Gasteiger partial charge in [0.05, 0.1) is 7.11 Å². The first-order valence-corrected chi connectivity index (χ1v) is 9.91. The fourth-order valence-corrected chi connectivity index (χ4v) is 5.08. The Morgan fingerprint density at radius 1 is 1.00 bits per heavy atom. The first kappa shape index (κ1) is 18.5. The molecule has 3 fully saturated rings. The van der Waals surface area contributed by atoms with Crippen LogP contribution in [-0.2, 0) is 9.53 Å². The Kier molecular flexibility index (Phi) is 5.87. The van der Waals surface area contributed by atoms with Crippen molar-refractivity contribution in [2.24, 2.45) is 0 Å². The van der Waals surface area contributed by atoms with Crippen molar-refractivity contribution in [2.75, 3.05) is 26.7 Å². The molecule has 0 aromatic heterocycles. The highest BCUT2D eigenvalue weighted by Gasteiger charge is 2.38. The van der Waals surface area contributed by atoms with Crippen molar-refractivity contribution in [1.29, 1.82) is 0 Å². The molecule has 2 unspecified atom stereocenters. The molecular formula is C19H33N3O3. The highest BCUT2D eigenvalue weighted by Crippen LogP contribution is 2.30. The summed E-state index contributed by atoms with van der Waals surface area (Å²) in [5.74, 6) is 0.360. The third-order valence-electron chi connectivity index (χ3n) is 6.38. The van der Waals surface area contributed by atoms with Crippen molar-refractivity contribution in [3.63, 3.8) is 0 Å². The van der Waals surface area contributed by atoms with Crippen molar-refractivity contribution in [3.8, 4) is 0 Å². The normalized spacial score (nSPS) is 32.8. The lowest BCUT2D eigenvalue weighted by Crippen LogP contribution is -2.57. The summed E-state index contributed by atoms with van der Waals surface area (Å²) in [5, 5.41) is 0. The highest BCUT2D eigenvalue weighted by molar-refractivity contribution is 5.77. The summed E-state index contributed by atoms with van der Waals surface area (Å²) < 4.78 is 4.94. The molecule has 0 N–H and O–H groups in total. The van der Waals surface area contributed by atoms with Crippen LogP contribution in [0.3, 0.4) is 0 Å². The molecule has 0 aromatic rings. The summed E-state index contributed by atoms with van der Waals surface area (Å²) in [6, 6.07) is 1.39. The second-order valence-corrected chi connectivity index (χ2v) is 8.01. The summed E-state index contributed by atoms with van der Waals surface area (Å²) in [5.41, 5.74) is 0. The van der Waals surface area contributed by atoms with Crippen LogP contribution in [0.25, 0.3) is 0 Å². The van der Waals surface area contributed by atoms with Gasteiger partial charge in [-0.05, 0) is 52.4 Å². The van der Waals surface area contributed by atoms with E-state index in [0.717, 1.165) is 64.6 Å². The molecule has 3 aliphatic rings. The molecule has 2 amide bonds. The van der Waals surface area contributed by atoms with E-state index in [4.69, 9.17) is 4.74 Å². The molecule has 0 radical (unpaired) electrons. The lowest BCUT2D eigenvalue weighted by atomic mass is 9.89. The number of methoxy groups -OCH3 is 1. The zero-order valence-electron chi connectivity index (χ0n) is 15.9. The van der Waals surface area contributed by atoms with Gasteiger partial charge >= 0.3 is 6.09 Å². The Morgan fingerprint density at radius 2 is 1.64 bits per heavy atom. The number of hydrogen-bond donors (Lipinski definition) is 0. The Balaban J connectivity index is 1.53. The SMILES string of the molecule is COC(=O)N1C(C)CC(N2CCC(N3CCCCC3=O)CC2)CC1C. The Morgan fingerprint density at radius 3 is 2.20 bits per heavy atom. The summed E-state index contributed by atoms with van der Waals surface area (Å²) in [7, 11) is 1.46. The molecular weight excluding hydrogens is 318 g/mol. The summed E-state index contributed by atoms with van der Waals surface area (Å²) >= 11 is 0. The van der Waals surface area contributed by atoms with Gasteiger partial charge in [-0.1, -0.05) is 0 Å². The molecule has 0 spiro atoms. The van der Waals surface area contributed by atoms with Crippen LogP contribution in [0.2, 0.25) is 0 Å². The van der Waals surface area contributed by atoms with Gasteiger partial charge in [0.1, 0.15) is 0 Å². The lowest BCUT2D eigenvalue weighted by molar-refractivity contribution is -0.137. The number of amides is 2. The van der Waals surface area contributed by atoms with E-state index in [2.05, 4.69) is 23.6 Å². The zero-order chi connectivity index (χ0) is 18.0. The Hall–Kier alpha value is -1.30. The monoisotopic (exact) mass is 351 g/mol. The van der Waals surface area contributed by atoms with E-state index in [1.54, 1.807) is 0 Å². The van der Waals surface area contributed by atoms with Crippen molar-refractivity contribution in [3.05, 3.63) is 0 Å². The van der Waals surface area contributed by atoms with Crippen LogP contribution in [-0.4, -0.2) is 77.6 Å². The fourth-order valence-electron chi connectivity index (χ4n) is 5.08. The van der Waals surface area contributed by atoms with E-state index in [1.165, 1.54) is 7.11 Å². The van der Waals surface area contributed by atoms with Gasteiger partial charge in [0.25, 0.3) is 0 Å². The topological polar surface area (TPSA) is 53.1 Å². The number of carbonyl (C=O) groups is 2.